The predicted molar refractivity (Wildman–Crippen MR) is 60.4 cm³/mol. The molecule has 0 aromatic rings. The number of rotatable bonds is 2. The maximum absolute atomic E-state index is 10.5. The summed E-state index contributed by atoms with van der Waals surface area (Å²) in [5.41, 5.74) is 1.79. The van der Waals surface area contributed by atoms with E-state index in [0.717, 1.165) is 19.3 Å². The Kier molecular flexibility index (Phi) is 3.27. The van der Waals surface area contributed by atoms with Gasteiger partial charge < -0.3 is 10.2 Å². The molecule has 0 unspecified atom stereocenters. The summed E-state index contributed by atoms with van der Waals surface area (Å²) in [6.45, 7) is 4.16. The summed E-state index contributed by atoms with van der Waals surface area (Å²) in [6, 6.07) is 0.121. The van der Waals surface area contributed by atoms with Crippen molar-refractivity contribution in [3.05, 3.63) is 0 Å². The molecule has 2 fully saturated rings. The van der Waals surface area contributed by atoms with Crippen molar-refractivity contribution in [2.75, 3.05) is 0 Å². The van der Waals surface area contributed by atoms with Crippen LogP contribution in [0.25, 0.3) is 0 Å². The molecule has 0 aromatic heterocycles. The summed E-state index contributed by atoms with van der Waals surface area (Å²) >= 11 is 0. The zero-order valence-corrected chi connectivity index (χ0v) is 10.2. The van der Waals surface area contributed by atoms with Gasteiger partial charge in [-0.05, 0) is 18.8 Å². The van der Waals surface area contributed by atoms with Gasteiger partial charge in [-0.15, -0.1) is 0 Å². The molecule has 0 aromatic carbocycles. The Hall–Kier alpha value is -0.160. The van der Waals surface area contributed by atoms with E-state index in [1.807, 2.05) is 0 Å². The molecule has 1 saturated heterocycles. The Labute approximate surface area is 96.9 Å². The van der Waals surface area contributed by atoms with Crippen LogP contribution in [0.4, 0.5) is 0 Å². The molecule has 3 N–H and O–H groups in total. The van der Waals surface area contributed by atoms with Crippen molar-refractivity contribution in [3.8, 4) is 0 Å². The lowest BCUT2D eigenvalue weighted by molar-refractivity contribution is -0.303. The van der Waals surface area contributed by atoms with Gasteiger partial charge in [0.25, 0.3) is 0 Å². The van der Waals surface area contributed by atoms with E-state index in [1.165, 1.54) is 0 Å². The molecule has 1 saturated carbocycles. The minimum absolute atomic E-state index is 0.121. The largest absolute Gasteiger partial charge is 0.384 e. The van der Waals surface area contributed by atoms with Gasteiger partial charge in [0.05, 0.1) is 0 Å². The van der Waals surface area contributed by atoms with E-state index < -0.39 is 11.4 Å². The highest BCUT2D eigenvalue weighted by Gasteiger charge is 2.55. The molecule has 0 amide bonds. The smallest absolute Gasteiger partial charge is 0.215 e. The fourth-order valence-electron chi connectivity index (χ4n) is 2.74. The van der Waals surface area contributed by atoms with Gasteiger partial charge in [-0.2, -0.15) is 5.48 Å². The molecule has 0 bridgehead atoms. The average molecular weight is 229 g/mol. The van der Waals surface area contributed by atoms with Crippen LogP contribution in [0.2, 0.25) is 0 Å². The second kappa shape index (κ2) is 4.26. The first-order valence-corrected chi connectivity index (χ1v) is 6.35. The standard InChI is InChI=1S/C12H23NO3/c1-9(2)10-8-12(15,16-13-10)11(14)6-4-3-5-7-11/h9-10,13-15H,3-8H2,1-2H3/t10-,12+/m1/s1. The molecule has 1 aliphatic heterocycles. The molecular weight excluding hydrogens is 206 g/mol. The van der Waals surface area contributed by atoms with Crippen molar-refractivity contribution in [2.45, 2.75) is 69.8 Å². The van der Waals surface area contributed by atoms with Gasteiger partial charge in [-0.25, -0.2) is 0 Å². The van der Waals surface area contributed by atoms with E-state index in [4.69, 9.17) is 4.84 Å². The van der Waals surface area contributed by atoms with Gasteiger partial charge in [0, 0.05) is 12.5 Å². The molecule has 2 aliphatic rings. The highest BCUT2D eigenvalue weighted by molar-refractivity contribution is 4.99. The van der Waals surface area contributed by atoms with Gasteiger partial charge in [-0.3, -0.25) is 4.84 Å². The van der Waals surface area contributed by atoms with Crippen LogP contribution < -0.4 is 5.48 Å². The van der Waals surface area contributed by atoms with Crippen LogP contribution in [0, 0.1) is 5.92 Å². The van der Waals surface area contributed by atoms with Crippen LogP contribution in [0.5, 0.6) is 0 Å². The third kappa shape index (κ3) is 1.99. The molecule has 1 heterocycles. The monoisotopic (exact) mass is 229 g/mol. The van der Waals surface area contributed by atoms with Gasteiger partial charge >= 0.3 is 0 Å². The fraction of sp³-hybridized carbons (Fsp3) is 1.00. The lowest BCUT2D eigenvalue weighted by Crippen LogP contribution is -2.55. The van der Waals surface area contributed by atoms with Crippen molar-refractivity contribution in [2.24, 2.45) is 5.92 Å². The van der Waals surface area contributed by atoms with Gasteiger partial charge in [0.1, 0.15) is 5.60 Å². The summed E-state index contributed by atoms with van der Waals surface area (Å²) in [4.78, 5) is 5.31. The van der Waals surface area contributed by atoms with Crippen molar-refractivity contribution < 1.29 is 15.1 Å². The normalized spacial score (nSPS) is 39.2. The summed E-state index contributed by atoms with van der Waals surface area (Å²) in [7, 11) is 0. The van der Waals surface area contributed by atoms with E-state index in [0.29, 0.717) is 25.2 Å². The Balaban J connectivity index is 2.07. The number of hydrogen-bond acceptors (Lipinski definition) is 4. The molecule has 0 radical (unpaired) electrons. The van der Waals surface area contributed by atoms with Crippen molar-refractivity contribution >= 4 is 0 Å². The molecule has 16 heavy (non-hydrogen) atoms. The van der Waals surface area contributed by atoms with E-state index in [2.05, 4.69) is 19.3 Å². The quantitative estimate of drug-likeness (QED) is 0.668. The lowest BCUT2D eigenvalue weighted by atomic mass is 9.76. The van der Waals surface area contributed by atoms with Crippen LogP contribution in [0.3, 0.4) is 0 Å². The Bertz CT molecular complexity index is 251. The Morgan fingerprint density at radius 2 is 1.81 bits per heavy atom. The molecule has 1 aliphatic carbocycles. The number of aliphatic hydroxyl groups is 2. The fourth-order valence-corrected chi connectivity index (χ4v) is 2.74. The molecular formula is C12H23NO3. The first-order valence-electron chi connectivity index (χ1n) is 6.35. The Morgan fingerprint density at radius 3 is 2.31 bits per heavy atom. The minimum atomic E-state index is -1.40. The maximum atomic E-state index is 10.5. The van der Waals surface area contributed by atoms with Gasteiger partial charge in [-0.1, -0.05) is 33.1 Å². The zero-order chi connectivity index (χ0) is 11.8. The second-order valence-corrected chi connectivity index (χ2v) is 5.65. The van der Waals surface area contributed by atoms with Crippen molar-refractivity contribution in [3.63, 3.8) is 0 Å². The number of nitrogens with one attached hydrogen (secondary N) is 1. The van der Waals surface area contributed by atoms with Crippen LogP contribution in [0.1, 0.15) is 52.4 Å². The minimum Gasteiger partial charge on any atom is -0.384 e. The van der Waals surface area contributed by atoms with Crippen LogP contribution >= 0.6 is 0 Å². The first kappa shape index (κ1) is 12.3. The van der Waals surface area contributed by atoms with E-state index in [-0.39, 0.29) is 6.04 Å². The molecule has 4 nitrogen and oxygen atoms in total. The van der Waals surface area contributed by atoms with Crippen LogP contribution in [-0.2, 0) is 4.84 Å². The Morgan fingerprint density at radius 1 is 1.19 bits per heavy atom. The number of hydrogen-bond donors (Lipinski definition) is 3. The molecule has 0 spiro atoms. The van der Waals surface area contributed by atoms with Gasteiger partial charge in [0.2, 0.25) is 5.79 Å². The highest BCUT2D eigenvalue weighted by atomic mass is 16.8. The lowest BCUT2D eigenvalue weighted by Gasteiger charge is -2.41. The third-order valence-corrected chi connectivity index (χ3v) is 4.09. The summed E-state index contributed by atoms with van der Waals surface area (Å²) in [5, 5.41) is 21.0. The second-order valence-electron chi connectivity index (χ2n) is 5.65. The van der Waals surface area contributed by atoms with Crippen LogP contribution in [0.15, 0.2) is 0 Å². The molecule has 2 atom stereocenters. The molecule has 4 heteroatoms. The van der Waals surface area contributed by atoms with E-state index in [9.17, 15) is 10.2 Å². The SMILES string of the molecule is CC(C)[C@H]1C[C@@](O)(C2(O)CCCCC2)ON1. The summed E-state index contributed by atoms with van der Waals surface area (Å²) < 4.78 is 0. The topological polar surface area (TPSA) is 61.7 Å². The first-order chi connectivity index (χ1) is 7.47. The van der Waals surface area contributed by atoms with Crippen LogP contribution in [-0.4, -0.2) is 27.6 Å². The average Bonchev–Trinajstić information content (AvgIpc) is 2.64. The maximum Gasteiger partial charge on any atom is 0.215 e. The highest BCUT2D eigenvalue weighted by Crippen LogP contribution is 2.42. The predicted octanol–water partition coefficient (Wildman–Crippen LogP) is 1.32. The summed E-state index contributed by atoms with van der Waals surface area (Å²) in [6.07, 6.45) is 4.82. The molecule has 94 valence electrons. The van der Waals surface area contributed by atoms with E-state index >= 15 is 0 Å². The zero-order valence-electron chi connectivity index (χ0n) is 10.2. The van der Waals surface area contributed by atoms with Gasteiger partial charge in [0.15, 0.2) is 0 Å². The van der Waals surface area contributed by atoms with E-state index in [1.54, 1.807) is 0 Å². The number of hydroxylamine groups is 1. The van der Waals surface area contributed by atoms with Crippen molar-refractivity contribution in [1.29, 1.82) is 0 Å². The molecule has 2 rings (SSSR count). The third-order valence-electron chi connectivity index (χ3n) is 4.09. The summed E-state index contributed by atoms with van der Waals surface area (Å²) in [5.74, 6) is -1.01. The van der Waals surface area contributed by atoms with Crippen molar-refractivity contribution in [1.82, 2.24) is 5.48 Å².